The molecule has 0 radical (unpaired) electrons. The molecule has 0 unspecified atom stereocenters. The number of amides is 1. The Bertz CT molecular complexity index is 858. The van der Waals surface area contributed by atoms with Gasteiger partial charge in [-0.1, -0.05) is 18.2 Å². The van der Waals surface area contributed by atoms with Crippen LogP contribution >= 0.6 is 11.3 Å². The highest BCUT2D eigenvalue weighted by Crippen LogP contribution is 2.19. The zero-order valence-electron chi connectivity index (χ0n) is 15.0. The van der Waals surface area contributed by atoms with E-state index >= 15 is 0 Å². The Labute approximate surface area is 162 Å². The number of carbonyl (C=O) groups is 1. The lowest BCUT2D eigenvalue weighted by Crippen LogP contribution is -2.48. The van der Waals surface area contributed by atoms with Crippen molar-refractivity contribution in [1.29, 1.82) is 0 Å². The van der Waals surface area contributed by atoms with Gasteiger partial charge in [-0.2, -0.15) is 0 Å². The first-order chi connectivity index (χ1) is 13.3. The highest BCUT2D eigenvalue weighted by Gasteiger charge is 2.22. The fourth-order valence-corrected chi connectivity index (χ4v) is 3.69. The first kappa shape index (κ1) is 17.5. The molecule has 2 heterocycles. The molecule has 1 fully saturated rings. The first-order valence-electron chi connectivity index (χ1n) is 8.99. The number of carbonyl (C=O) groups excluding carboxylic acids is 1. The fourth-order valence-electron chi connectivity index (χ4n) is 3.15. The number of benzene rings is 2. The quantitative estimate of drug-likeness (QED) is 0.678. The largest absolute Gasteiger partial charge is 0.487 e. The van der Waals surface area contributed by atoms with E-state index in [0.717, 1.165) is 37.6 Å². The van der Waals surface area contributed by atoms with E-state index in [-0.39, 0.29) is 5.91 Å². The molecule has 4 rings (SSSR count). The van der Waals surface area contributed by atoms with Crippen LogP contribution in [0.5, 0.6) is 5.75 Å². The number of para-hydroxylation sites is 1. The van der Waals surface area contributed by atoms with Crippen LogP contribution in [0.4, 0.5) is 5.69 Å². The number of hydrogen-bond donors (Lipinski definition) is 0. The molecule has 5 nitrogen and oxygen atoms in total. The number of aromatic nitrogens is 1. The summed E-state index contributed by atoms with van der Waals surface area (Å²) in [6.45, 7) is 3.61. The van der Waals surface area contributed by atoms with Crippen molar-refractivity contribution in [3.05, 3.63) is 76.7 Å². The van der Waals surface area contributed by atoms with E-state index in [1.807, 2.05) is 52.7 Å². The minimum absolute atomic E-state index is 0.0776. The predicted molar refractivity (Wildman–Crippen MR) is 107 cm³/mol. The number of thiazole rings is 1. The second kappa shape index (κ2) is 8.22. The minimum Gasteiger partial charge on any atom is -0.487 e. The molecule has 1 saturated heterocycles. The van der Waals surface area contributed by atoms with Crippen molar-refractivity contribution in [3.8, 4) is 5.75 Å². The average Bonchev–Trinajstić information content (AvgIpc) is 3.27. The summed E-state index contributed by atoms with van der Waals surface area (Å²) >= 11 is 1.55. The van der Waals surface area contributed by atoms with Crippen LogP contribution in [-0.2, 0) is 6.61 Å². The zero-order chi connectivity index (χ0) is 18.5. The third kappa shape index (κ3) is 4.28. The summed E-state index contributed by atoms with van der Waals surface area (Å²) in [7, 11) is 0. The number of anilines is 1. The van der Waals surface area contributed by atoms with Crippen LogP contribution in [0, 0.1) is 0 Å². The third-order valence-corrected chi connectivity index (χ3v) is 5.29. The third-order valence-electron chi connectivity index (χ3n) is 4.66. The Morgan fingerprint density at radius 3 is 2.41 bits per heavy atom. The molecule has 2 aromatic carbocycles. The predicted octanol–water partition coefficient (Wildman–Crippen LogP) is 3.68. The van der Waals surface area contributed by atoms with Gasteiger partial charge >= 0.3 is 0 Å². The number of rotatable bonds is 5. The Kier molecular flexibility index (Phi) is 5.34. The van der Waals surface area contributed by atoms with Crippen molar-refractivity contribution in [2.24, 2.45) is 0 Å². The molecule has 1 aliphatic rings. The molecule has 0 atom stereocenters. The molecule has 27 heavy (non-hydrogen) atoms. The van der Waals surface area contributed by atoms with Crippen LogP contribution < -0.4 is 9.64 Å². The molecule has 6 heteroatoms. The van der Waals surface area contributed by atoms with Gasteiger partial charge < -0.3 is 14.5 Å². The van der Waals surface area contributed by atoms with Gasteiger partial charge in [0.15, 0.2) is 0 Å². The molecule has 0 N–H and O–H groups in total. The maximum Gasteiger partial charge on any atom is 0.253 e. The smallest absolute Gasteiger partial charge is 0.253 e. The van der Waals surface area contributed by atoms with Crippen molar-refractivity contribution in [2.75, 3.05) is 31.1 Å². The van der Waals surface area contributed by atoms with Gasteiger partial charge in [0.25, 0.3) is 5.91 Å². The highest BCUT2D eigenvalue weighted by atomic mass is 32.1. The molecule has 0 bridgehead atoms. The Morgan fingerprint density at radius 1 is 1.00 bits per heavy atom. The lowest BCUT2D eigenvalue weighted by molar-refractivity contribution is 0.0746. The van der Waals surface area contributed by atoms with Gasteiger partial charge in [0.05, 0.1) is 11.2 Å². The Hall–Kier alpha value is -2.86. The van der Waals surface area contributed by atoms with Gasteiger partial charge in [-0.15, -0.1) is 11.3 Å². The number of nitrogens with zero attached hydrogens (tertiary/aromatic N) is 3. The average molecular weight is 379 g/mol. The normalized spacial score (nSPS) is 14.2. The van der Waals surface area contributed by atoms with E-state index in [0.29, 0.717) is 12.2 Å². The van der Waals surface area contributed by atoms with E-state index in [1.54, 1.807) is 16.8 Å². The summed E-state index contributed by atoms with van der Waals surface area (Å²) in [6, 6.07) is 17.7. The van der Waals surface area contributed by atoms with Crippen LogP contribution in [-0.4, -0.2) is 42.0 Å². The van der Waals surface area contributed by atoms with Crippen molar-refractivity contribution < 1.29 is 9.53 Å². The van der Waals surface area contributed by atoms with Crippen LogP contribution in [0.15, 0.2) is 65.5 Å². The zero-order valence-corrected chi connectivity index (χ0v) is 15.8. The van der Waals surface area contributed by atoms with E-state index < -0.39 is 0 Å². The Morgan fingerprint density at radius 2 is 1.74 bits per heavy atom. The van der Waals surface area contributed by atoms with Crippen LogP contribution in [0.3, 0.4) is 0 Å². The molecule has 0 aliphatic carbocycles. The molecule has 138 valence electrons. The van der Waals surface area contributed by atoms with Crippen LogP contribution in [0.2, 0.25) is 0 Å². The van der Waals surface area contributed by atoms with Crippen LogP contribution in [0.25, 0.3) is 0 Å². The van der Waals surface area contributed by atoms with Gasteiger partial charge in [0.2, 0.25) is 0 Å². The lowest BCUT2D eigenvalue weighted by atomic mass is 10.1. The molecule has 0 saturated carbocycles. The summed E-state index contributed by atoms with van der Waals surface area (Å²) < 4.78 is 5.71. The molecule has 1 amide bonds. The molecule has 0 spiro atoms. The maximum atomic E-state index is 12.8. The molecule has 3 aromatic rings. The number of piperazine rings is 1. The van der Waals surface area contributed by atoms with E-state index in [9.17, 15) is 4.79 Å². The second-order valence-electron chi connectivity index (χ2n) is 6.41. The van der Waals surface area contributed by atoms with Crippen molar-refractivity contribution in [2.45, 2.75) is 6.61 Å². The van der Waals surface area contributed by atoms with Gasteiger partial charge in [-0.25, -0.2) is 4.98 Å². The molecule has 1 aliphatic heterocycles. The SMILES string of the molecule is O=C(c1ccc(OCc2cscn2)cc1)N1CCN(c2ccccc2)CC1. The number of hydrogen-bond acceptors (Lipinski definition) is 5. The Balaban J connectivity index is 1.32. The van der Waals surface area contributed by atoms with E-state index in [4.69, 9.17) is 4.74 Å². The van der Waals surface area contributed by atoms with E-state index in [2.05, 4.69) is 22.0 Å². The first-order valence-corrected chi connectivity index (χ1v) is 9.93. The van der Waals surface area contributed by atoms with Crippen molar-refractivity contribution >= 4 is 22.9 Å². The van der Waals surface area contributed by atoms with Crippen molar-refractivity contribution in [1.82, 2.24) is 9.88 Å². The summed E-state index contributed by atoms with van der Waals surface area (Å²) in [5.41, 5.74) is 4.62. The second-order valence-corrected chi connectivity index (χ2v) is 7.13. The topological polar surface area (TPSA) is 45.7 Å². The highest BCUT2D eigenvalue weighted by molar-refractivity contribution is 7.07. The molecule has 1 aromatic heterocycles. The van der Waals surface area contributed by atoms with Gasteiger partial charge in [-0.05, 0) is 36.4 Å². The summed E-state index contributed by atoms with van der Waals surface area (Å²) in [6.07, 6.45) is 0. The monoisotopic (exact) mass is 379 g/mol. The van der Waals surface area contributed by atoms with Crippen molar-refractivity contribution in [3.63, 3.8) is 0 Å². The summed E-state index contributed by atoms with van der Waals surface area (Å²) in [4.78, 5) is 21.2. The standard InChI is InChI=1S/C21H21N3O2S/c25-21(24-12-10-23(11-13-24)19-4-2-1-3-5-19)17-6-8-20(9-7-17)26-14-18-15-27-16-22-18/h1-9,15-16H,10-14H2. The lowest BCUT2D eigenvalue weighted by Gasteiger charge is -2.36. The summed E-state index contributed by atoms with van der Waals surface area (Å²) in [5.74, 6) is 0.821. The maximum absolute atomic E-state index is 12.8. The van der Waals surface area contributed by atoms with Crippen LogP contribution in [0.1, 0.15) is 16.1 Å². The number of ether oxygens (including phenoxy) is 1. The van der Waals surface area contributed by atoms with E-state index in [1.165, 1.54) is 5.69 Å². The molecular weight excluding hydrogens is 358 g/mol. The minimum atomic E-state index is 0.0776. The van der Waals surface area contributed by atoms with Gasteiger partial charge in [-0.3, -0.25) is 4.79 Å². The van der Waals surface area contributed by atoms with Gasteiger partial charge in [0.1, 0.15) is 12.4 Å². The fraction of sp³-hybridized carbons (Fsp3) is 0.238. The summed E-state index contributed by atoms with van der Waals surface area (Å²) in [5, 5.41) is 1.97. The van der Waals surface area contributed by atoms with Gasteiger partial charge in [0, 0.05) is 42.8 Å². The molecular formula is C21H21N3O2S.